The van der Waals surface area contributed by atoms with E-state index in [2.05, 4.69) is 18.7 Å². The van der Waals surface area contributed by atoms with Crippen molar-refractivity contribution in [3.8, 4) is 5.75 Å². The molecule has 3 nitrogen and oxygen atoms in total. The fraction of sp³-hybridized carbons (Fsp3) is 0.696. The number of hydrogen-bond donors (Lipinski definition) is 0. The molecule has 1 amide bonds. The molecule has 0 aliphatic carbocycles. The maximum Gasteiger partial charge on any atom is 0.222 e. The van der Waals surface area contributed by atoms with Crippen LogP contribution in [-0.4, -0.2) is 30.5 Å². The molecule has 0 bridgehead atoms. The monoisotopic (exact) mass is 395 g/mol. The van der Waals surface area contributed by atoms with E-state index in [-0.39, 0.29) is 5.91 Å². The van der Waals surface area contributed by atoms with Crippen LogP contribution in [0.2, 0.25) is 5.02 Å². The van der Waals surface area contributed by atoms with Crippen LogP contribution in [0.4, 0.5) is 0 Å². The van der Waals surface area contributed by atoms with Crippen LogP contribution in [0.25, 0.3) is 0 Å². The van der Waals surface area contributed by atoms with Gasteiger partial charge in [-0.3, -0.25) is 4.79 Å². The molecule has 0 atom stereocenters. The molecular formula is C23H38ClNO2. The first-order chi connectivity index (χ1) is 13.1. The molecule has 27 heavy (non-hydrogen) atoms. The molecule has 0 fully saturated rings. The molecule has 0 aromatic heterocycles. The summed E-state index contributed by atoms with van der Waals surface area (Å²) >= 11 is 5.97. The Morgan fingerprint density at radius 3 is 2.15 bits per heavy atom. The number of carbonyl (C=O) groups excluding carboxylic acids is 1. The first-order valence-electron chi connectivity index (χ1n) is 10.7. The second-order valence-electron chi connectivity index (χ2n) is 7.36. The lowest BCUT2D eigenvalue weighted by Gasteiger charge is -2.23. The summed E-state index contributed by atoms with van der Waals surface area (Å²) < 4.78 is 5.82. The Morgan fingerprint density at radius 2 is 1.59 bits per heavy atom. The van der Waals surface area contributed by atoms with Gasteiger partial charge in [-0.05, 0) is 49.9 Å². The van der Waals surface area contributed by atoms with Crippen molar-refractivity contribution in [1.29, 1.82) is 0 Å². The smallest absolute Gasteiger partial charge is 0.222 e. The third-order valence-electron chi connectivity index (χ3n) is 4.85. The van der Waals surface area contributed by atoms with Crippen LogP contribution in [0.5, 0.6) is 5.75 Å². The average molecular weight is 396 g/mol. The number of halogens is 1. The summed E-state index contributed by atoms with van der Waals surface area (Å²) in [6.45, 7) is 8.80. The number of benzene rings is 1. The van der Waals surface area contributed by atoms with Crippen molar-refractivity contribution in [2.75, 3.05) is 19.7 Å². The predicted octanol–water partition coefficient (Wildman–Crippen LogP) is 6.80. The topological polar surface area (TPSA) is 29.5 Å². The van der Waals surface area contributed by atoms with E-state index in [9.17, 15) is 4.79 Å². The van der Waals surface area contributed by atoms with Crippen LogP contribution < -0.4 is 4.74 Å². The van der Waals surface area contributed by atoms with Gasteiger partial charge in [-0.25, -0.2) is 0 Å². The van der Waals surface area contributed by atoms with Crippen molar-refractivity contribution < 1.29 is 9.53 Å². The minimum Gasteiger partial charge on any atom is -0.493 e. The van der Waals surface area contributed by atoms with E-state index in [1.165, 1.54) is 38.5 Å². The van der Waals surface area contributed by atoms with Crippen LogP contribution in [0, 0.1) is 6.92 Å². The minimum absolute atomic E-state index is 0.277. The zero-order chi connectivity index (χ0) is 19.9. The minimum atomic E-state index is 0.277. The highest BCUT2D eigenvalue weighted by atomic mass is 35.5. The van der Waals surface area contributed by atoms with Gasteiger partial charge in [0.15, 0.2) is 0 Å². The van der Waals surface area contributed by atoms with E-state index in [4.69, 9.17) is 16.3 Å². The molecule has 1 aromatic carbocycles. The highest BCUT2D eigenvalue weighted by Gasteiger charge is 2.13. The first-order valence-corrected chi connectivity index (χ1v) is 11.1. The zero-order valence-electron chi connectivity index (χ0n) is 17.6. The predicted molar refractivity (Wildman–Crippen MR) is 116 cm³/mol. The number of amides is 1. The maximum atomic E-state index is 12.6. The lowest BCUT2D eigenvalue weighted by molar-refractivity contribution is -0.131. The zero-order valence-corrected chi connectivity index (χ0v) is 18.3. The third-order valence-corrected chi connectivity index (χ3v) is 5.08. The third kappa shape index (κ3) is 10.6. The summed E-state index contributed by atoms with van der Waals surface area (Å²) in [4.78, 5) is 14.7. The Bertz CT molecular complexity index is 521. The van der Waals surface area contributed by atoms with Gasteiger partial charge in [-0.15, -0.1) is 0 Å². The lowest BCUT2D eigenvalue weighted by atomic mass is 10.1. The number of nitrogens with zero attached hydrogens (tertiary/aromatic N) is 1. The maximum absolute atomic E-state index is 12.6. The largest absolute Gasteiger partial charge is 0.493 e. The Balaban J connectivity index is 2.36. The molecule has 1 aromatic rings. The van der Waals surface area contributed by atoms with E-state index in [0.717, 1.165) is 48.7 Å². The molecule has 0 spiro atoms. The van der Waals surface area contributed by atoms with E-state index >= 15 is 0 Å². The van der Waals surface area contributed by atoms with Gasteiger partial charge in [0, 0.05) is 24.5 Å². The standard InChI is InChI=1S/C23H38ClNO2/c1-4-6-8-10-16-25(17-11-9-7-5-2)23(26)13-12-18-27-22-15-14-21(24)19-20(22)3/h14-15,19H,4-13,16-18H2,1-3H3. The molecule has 4 heteroatoms. The lowest BCUT2D eigenvalue weighted by Crippen LogP contribution is -2.33. The molecule has 0 saturated carbocycles. The normalized spacial score (nSPS) is 10.8. The quantitative estimate of drug-likeness (QED) is 0.306. The molecule has 0 N–H and O–H groups in total. The van der Waals surface area contributed by atoms with Gasteiger partial charge in [0.05, 0.1) is 6.61 Å². The van der Waals surface area contributed by atoms with Gasteiger partial charge in [-0.2, -0.15) is 0 Å². The summed E-state index contributed by atoms with van der Waals surface area (Å²) in [5.41, 5.74) is 1.03. The number of hydrogen-bond acceptors (Lipinski definition) is 2. The molecule has 0 radical (unpaired) electrons. The van der Waals surface area contributed by atoms with Crippen molar-refractivity contribution >= 4 is 17.5 Å². The second-order valence-corrected chi connectivity index (χ2v) is 7.80. The van der Waals surface area contributed by atoms with E-state index < -0.39 is 0 Å². The van der Waals surface area contributed by atoms with Gasteiger partial charge >= 0.3 is 0 Å². The van der Waals surface area contributed by atoms with Crippen molar-refractivity contribution in [2.24, 2.45) is 0 Å². The summed E-state index contributed by atoms with van der Waals surface area (Å²) in [5, 5.41) is 0.719. The fourth-order valence-electron chi connectivity index (χ4n) is 3.16. The van der Waals surface area contributed by atoms with Gasteiger partial charge in [-0.1, -0.05) is 64.0 Å². The molecule has 0 saturated heterocycles. The molecule has 0 aliphatic heterocycles. The molecule has 0 aliphatic rings. The SMILES string of the molecule is CCCCCCN(CCCCCC)C(=O)CCCOc1ccc(Cl)cc1C. The van der Waals surface area contributed by atoms with Crippen LogP contribution in [0.3, 0.4) is 0 Å². The van der Waals surface area contributed by atoms with Crippen LogP contribution in [0.1, 0.15) is 83.6 Å². The average Bonchev–Trinajstić information content (AvgIpc) is 2.65. The highest BCUT2D eigenvalue weighted by Crippen LogP contribution is 2.22. The van der Waals surface area contributed by atoms with Crippen molar-refractivity contribution in [2.45, 2.75) is 85.0 Å². The fourth-order valence-corrected chi connectivity index (χ4v) is 3.39. The van der Waals surface area contributed by atoms with Gasteiger partial charge in [0.25, 0.3) is 0 Å². The number of aryl methyl sites for hydroxylation is 1. The van der Waals surface area contributed by atoms with E-state index in [1.54, 1.807) is 0 Å². The van der Waals surface area contributed by atoms with E-state index in [0.29, 0.717) is 13.0 Å². The van der Waals surface area contributed by atoms with Crippen molar-refractivity contribution in [1.82, 2.24) is 4.90 Å². The Labute approximate surface area is 171 Å². The number of carbonyl (C=O) groups is 1. The molecule has 1 rings (SSSR count). The van der Waals surface area contributed by atoms with Crippen LogP contribution >= 0.6 is 11.6 Å². The molecule has 0 heterocycles. The Morgan fingerprint density at radius 1 is 0.963 bits per heavy atom. The molecule has 0 unspecified atom stereocenters. The van der Waals surface area contributed by atoms with Gasteiger partial charge in [0.1, 0.15) is 5.75 Å². The summed E-state index contributed by atoms with van der Waals surface area (Å²) in [6, 6.07) is 5.63. The van der Waals surface area contributed by atoms with E-state index in [1.807, 2.05) is 25.1 Å². The molecular weight excluding hydrogens is 358 g/mol. The second kappa shape index (κ2) is 14.8. The van der Waals surface area contributed by atoms with Crippen LogP contribution in [-0.2, 0) is 4.79 Å². The van der Waals surface area contributed by atoms with Gasteiger partial charge < -0.3 is 9.64 Å². The van der Waals surface area contributed by atoms with Gasteiger partial charge in [0.2, 0.25) is 5.91 Å². The Hall–Kier alpha value is -1.22. The Kier molecular flexibility index (Phi) is 13.0. The first kappa shape index (κ1) is 23.8. The summed E-state index contributed by atoms with van der Waals surface area (Å²) in [5.74, 6) is 1.13. The number of ether oxygens (including phenoxy) is 1. The number of unbranched alkanes of at least 4 members (excludes halogenated alkanes) is 6. The summed E-state index contributed by atoms with van der Waals surface area (Å²) in [6.07, 6.45) is 11.0. The van der Waals surface area contributed by atoms with Crippen LogP contribution in [0.15, 0.2) is 18.2 Å². The van der Waals surface area contributed by atoms with Crippen molar-refractivity contribution in [3.05, 3.63) is 28.8 Å². The highest BCUT2D eigenvalue weighted by molar-refractivity contribution is 6.30. The summed E-state index contributed by atoms with van der Waals surface area (Å²) in [7, 11) is 0. The number of rotatable bonds is 15. The van der Waals surface area contributed by atoms with Crippen molar-refractivity contribution in [3.63, 3.8) is 0 Å². The molecule has 154 valence electrons.